The van der Waals surface area contributed by atoms with Crippen LogP contribution < -0.4 is 0 Å². The van der Waals surface area contributed by atoms with Crippen LogP contribution in [0.4, 0.5) is 13.2 Å². The number of pyridine rings is 1. The molecule has 1 aliphatic carbocycles. The third kappa shape index (κ3) is 10.0. The van der Waals surface area contributed by atoms with E-state index in [1.54, 1.807) is 6.92 Å². The molecule has 261 valence electrons. The van der Waals surface area contributed by atoms with Crippen molar-refractivity contribution in [2.45, 2.75) is 110 Å². The van der Waals surface area contributed by atoms with Gasteiger partial charge in [0.25, 0.3) is 0 Å². The second-order valence-electron chi connectivity index (χ2n) is 13.9. The van der Waals surface area contributed by atoms with E-state index >= 15 is 0 Å². The van der Waals surface area contributed by atoms with Crippen LogP contribution in [0.1, 0.15) is 110 Å². The van der Waals surface area contributed by atoms with Crippen molar-refractivity contribution in [1.82, 2.24) is 4.98 Å². The summed E-state index contributed by atoms with van der Waals surface area (Å²) in [7, 11) is 0. The number of alkyl halides is 3. The third-order valence-electron chi connectivity index (χ3n) is 9.47. The van der Waals surface area contributed by atoms with E-state index in [0.717, 1.165) is 22.9 Å². The number of rotatable bonds is 9. The molecule has 5 rings (SSSR count). The number of aliphatic hydroxyl groups is 1. The summed E-state index contributed by atoms with van der Waals surface area (Å²) in [5, 5.41) is 13.4. The van der Waals surface area contributed by atoms with Crippen molar-refractivity contribution in [2.75, 3.05) is 0 Å². The molecule has 48 heavy (non-hydrogen) atoms. The Balaban J connectivity index is 0.000000288. The Labute approximate surface area is 297 Å². The van der Waals surface area contributed by atoms with Gasteiger partial charge in [-0.3, -0.25) is 9.78 Å². The molecule has 1 heterocycles. The monoisotopic (exact) mass is 837 g/mol. The molecule has 1 fully saturated rings. The van der Waals surface area contributed by atoms with E-state index in [-0.39, 0.29) is 43.6 Å². The second kappa shape index (κ2) is 17.1. The topological polar surface area (TPSA) is 50.2 Å². The fourth-order valence-corrected chi connectivity index (χ4v) is 6.71. The molecule has 0 amide bonds. The van der Waals surface area contributed by atoms with Gasteiger partial charge in [0.1, 0.15) is 0 Å². The average Bonchev–Trinajstić information content (AvgIpc) is 3.57. The fraction of sp³-hybridized carbons (Fsp3) is 0.463. The van der Waals surface area contributed by atoms with Crippen molar-refractivity contribution in [3.8, 4) is 11.3 Å². The number of nitrogens with zero attached hydrogens (tertiary/aromatic N) is 1. The zero-order valence-electron chi connectivity index (χ0n) is 29.0. The molecule has 4 aromatic rings. The Morgan fingerprint density at radius 3 is 2.08 bits per heavy atom. The van der Waals surface area contributed by atoms with E-state index in [0.29, 0.717) is 18.8 Å². The zero-order valence-corrected chi connectivity index (χ0v) is 31.4. The van der Waals surface area contributed by atoms with E-state index in [1.807, 2.05) is 13.8 Å². The van der Waals surface area contributed by atoms with Crippen molar-refractivity contribution in [3.05, 3.63) is 89.7 Å². The van der Waals surface area contributed by atoms with Crippen molar-refractivity contribution < 1.29 is 43.2 Å². The summed E-state index contributed by atoms with van der Waals surface area (Å²) in [6.07, 6.45) is 2.20. The van der Waals surface area contributed by atoms with Gasteiger partial charge in [-0.25, -0.2) is 0 Å². The summed E-state index contributed by atoms with van der Waals surface area (Å²) in [6.45, 7) is 12.1. The molecular weight excluding hydrogens is 788 g/mol. The summed E-state index contributed by atoms with van der Waals surface area (Å²) < 4.78 is 36.8. The number of carbonyl (C=O) groups is 1. The molecule has 1 unspecified atom stereocenters. The van der Waals surface area contributed by atoms with Crippen LogP contribution in [0.2, 0.25) is 0 Å². The van der Waals surface area contributed by atoms with E-state index < -0.39 is 24.3 Å². The molecule has 1 aliphatic rings. The number of fused-ring (bicyclic) bond motifs is 2. The number of aliphatic hydroxyl groups excluding tert-OH is 1. The standard InChI is InChI=1S/C28H28N.C13H21F3O2.Ir/c1-28(2,3)25-17-21(16-20-12-6-7-13-22(20)25)27-18-24(19-10-4-5-11-19)23-14-8-9-15-26(23)29-27;1-4-9(5-2)11(17)7-12(18)10(6-3)8-13(14,15)16;/h6-9,12-15,17-19H,4-5,10-11H2,1-3H3;7,9-10,18H,4-6,8H2,1-3H3;/q-1;;/b;12-7-;. The molecule has 1 aromatic heterocycles. The predicted octanol–water partition coefficient (Wildman–Crippen LogP) is 12.2. The summed E-state index contributed by atoms with van der Waals surface area (Å²) in [5.74, 6) is -1.34. The summed E-state index contributed by atoms with van der Waals surface area (Å²) in [5.41, 5.74) is 6.17. The maximum Gasteiger partial charge on any atom is 0.389 e. The van der Waals surface area contributed by atoms with Gasteiger partial charge in [0.2, 0.25) is 0 Å². The quantitative estimate of drug-likeness (QED) is 0.104. The molecule has 0 saturated heterocycles. The van der Waals surface area contributed by atoms with Gasteiger partial charge >= 0.3 is 6.18 Å². The number of hydrogen-bond donors (Lipinski definition) is 1. The van der Waals surface area contributed by atoms with Crippen molar-refractivity contribution in [1.29, 1.82) is 0 Å². The molecule has 7 heteroatoms. The van der Waals surface area contributed by atoms with Gasteiger partial charge in [0.05, 0.1) is 17.7 Å². The van der Waals surface area contributed by atoms with Crippen LogP contribution in [0.25, 0.3) is 32.9 Å². The van der Waals surface area contributed by atoms with E-state index in [1.165, 1.54) is 53.0 Å². The van der Waals surface area contributed by atoms with E-state index in [9.17, 15) is 23.1 Å². The molecule has 1 radical (unpaired) electrons. The van der Waals surface area contributed by atoms with Crippen LogP contribution in [0.15, 0.2) is 72.5 Å². The van der Waals surface area contributed by atoms with Crippen molar-refractivity contribution in [2.24, 2.45) is 11.8 Å². The smallest absolute Gasteiger partial charge is 0.389 e. The summed E-state index contributed by atoms with van der Waals surface area (Å²) >= 11 is 0. The Hall–Kier alpha value is -3.02. The first kappa shape index (κ1) is 39.4. The first-order chi connectivity index (χ1) is 22.2. The third-order valence-corrected chi connectivity index (χ3v) is 9.47. The van der Waals surface area contributed by atoms with Gasteiger partial charge in [-0.2, -0.15) is 13.2 Å². The molecular formula is C41H49F3IrNO2-. The Bertz CT molecular complexity index is 1700. The number of halogens is 3. The normalized spacial score (nSPS) is 14.9. The van der Waals surface area contributed by atoms with Crippen molar-refractivity contribution in [3.63, 3.8) is 0 Å². The average molecular weight is 837 g/mol. The number of benzene rings is 3. The molecule has 0 spiro atoms. The Kier molecular flexibility index (Phi) is 14.0. The number of para-hydroxylation sites is 1. The van der Waals surface area contributed by atoms with Crippen LogP contribution in [-0.4, -0.2) is 22.1 Å². The van der Waals surface area contributed by atoms with E-state index in [2.05, 4.69) is 87.5 Å². The maximum atomic E-state index is 12.3. The first-order valence-corrected chi connectivity index (χ1v) is 17.1. The number of carbonyl (C=O) groups excluding carboxylic acids is 1. The summed E-state index contributed by atoms with van der Waals surface area (Å²) in [6, 6.07) is 25.6. The number of aromatic nitrogens is 1. The minimum atomic E-state index is -4.33. The van der Waals surface area contributed by atoms with Gasteiger partial charge in [-0.05, 0) is 55.1 Å². The van der Waals surface area contributed by atoms with Gasteiger partial charge in [0.15, 0.2) is 5.78 Å². The first-order valence-electron chi connectivity index (χ1n) is 17.1. The van der Waals surface area contributed by atoms with Crippen LogP contribution >= 0.6 is 0 Å². The van der Waals surface area contributed by atoms with Crippen LogP contribution in [-0.2, 0) is 30.3 Å². The van der Waals surface area contributed by atoms with Crippen LogP contribution in [0.3, 0.4) is 0 Å². The predicted molar refractivity (Wildman–Crippen MR) is 188 cm³/mol. The molecule has 1 atom stereocenters. The van der Waals surface area contributed by atoms with Gasteiger partial charge in [0, 0.05) is 49.1 Å². The van der Waals surface area contributed by atoms with Crippen molar-refractivity contribution >= 4 is 27.5 Å². The van der Waals surface area contributed by atoms with Gasteiger partial charge < -0.3 is 5.11 Å². The number of allylic oxidation sites excluding steroid dienone is 2. The largest absolute Gasteiger partial charge is 0.512 e. The Morgan fingerprint density at radius 1 is 0.917 bits per heavy atom. The zero-order chi connectivity index (χ0) is 34.4. The minimum absolute atomic E-state index is 0. The molecule has 1 saturated carbocycles. The molecule has 0 aliphatic heterocycles. The summed E-state index contributed by atoms with van der Waals surface area (Å²) in [4.78, 5) is 16.8. The van der Waals surface area contributed by atoms with Gasteiger partial charge in [-0.15, -0.1) is 29.1 Å². The Morgan fingerprint density at radius 2 is 1.50 bits per heavy atom. The maximum absolute atomic E-state index is 12.3. The molecule has 1 N–H and O–H groups in total. The molecule has 3 aromatic carbocycles. The molecule has 0 bridgehead atoms. The molecule has 3 nitrogen and oxygen atoms in total. The SMILES string of the molecule is CC(C)(C)c1cc(-c2cc(C3CCCC3)c3ccccc3n2)[c-]c2ccccc12.CCC(CC)C(=O)/C=C(\O)C(CC)CC(F)(F)F.[Ir]. The second-order valence-corrected chi connectivity index (χ2v) is 13.9. The minimum Gasteiger partial charge on any atom is -0.512 e. The fourth-order valence-electron chi connectivity index (χ4n) is 6.71. The number of ketones is 1. The van der Waals surface area contributed by atoms with E-state index in [4.69, 9.17) is 4.98 Å². The van der Waals surface area contributed by atoms with Crippen LogP contribution in [0.5, 0.6) is 0 Å². The van der Waals surface area contributed by atoms with Gasteiger partial charge in [-0.1, -0.05) is 108 Å². The van der Waals surface area contributed by atoms with Crippen LogP contribution in [0, 0.1) is 17.9 Å². The number of hydrogen-bond acceptors (Lipinski definition) is 3.